The molecule has 6 nitrogen and oxygen atoms in total. The molecule has 0 unspecified atom stereocenters. The van der Waals surface area contributed by atoms with Crippen LogP contribution in [0.25, 0.3) is 0 Å². The maximum absolute atomic E-state index is 13.3. The molecule has 32 heavy (non-hydrogen) atoms. The van der Waals surface area contributed by atoms with Crippen LogP contribution in [-0.4, -0.2) is 27.5 Å². The molecule has 0 aliphatic carbocycles. The van der Waals surface area contributed by atoms with Crippen molar-refractivity contribution in [3.63, 3.8) is 0 Å². The number of carbonyl (C=O) groups excluding carboxylic acids is 1. The first-order chi connectivity index (χ1) is 15.2. The molecule has 4 rings (SSSR count). The Morgan fingerprint density at radius 1 is 1.09 bits per heavy atom. The number of nitrogens with one attached hydrogen (secondary N) is 1. The molecule has 0 radical (unpaired) electrons. The largest absolute Gasteiger partial charge is 0.495 e. The van der Waals surface area contributed by atoms with Crippen LogP contribution in [0, 0.1) is 6.92 Å². The standard InChI is InChI=1S/C24H23ClN2O4S/c1-15-4-11-23(31-3)21(12-15)26-24(28)17-5-10-22-18(14-17)13-16(2)27(22)32(29,30)20-8-6-19(25)7-9-20/h4-12,14,16H,13H2,1-3H3,(H,26,28)/t16-/m1/s1. The topological polar surface area (TPSA) is 75.7 Å². The minimum atomic E-state index is -3.76. The van der Waals surface area contributed by atoms with Crippen molar-refractivity contribution in [1.82, 2.24) is 0 Å². The molecule has 8 heteroatoms. The van der Waals surface area contributed by atoms with Gasteiger partial charge < -0.3 is 10.1 Å². The van der Waals surface area contributed by atoms with Gasteiger partial charge in [-0.25, -0.2) is 8.42 Å². The van der Waals surface area contributed by atoms with Crippen LogP contribution in [-0.2, 0) is 16.4 Å². The van der Waals surface area contributed by atoms with Crippen molar-refractivity contribution in [1.29, 1.82) is 0 Å². The van der Waals surface area contributed by atoms with Gasteiger partial charge in [0.25, 0.3) is 15.9 Å². The number of aryl methyl sites for hydroxylation is 1. The SMILES string of the molecule is COc1ccc(C)cc1NC(=O)c1ccc2c(c1)C[C@@H](C)N2S(=O)(=O)c1ccc(Cl)cc1. The first-order valence-corrected chi connectivity index (χ1v) is 11.9. The van der Waals surface area contributed by atoms with Crippen LogP contribution in [0.4, 0.5) is 11.4 Å². The van der Waals surface area contributed by atoms with E-state index in [0.717, 1.165) is 11.1 Å². The predicted molar refractivity (Wildman–Crippen MR) is 126 cm³/mol. The lowest BCUT2D eigenvalue weighted by Crippen LogP contribution is -2.35. The fourth-order valence-corrected chi connectivity index (χ4v) is 5.76. The molecule has 1 N–H and O–H groups in total. The number of methoxy groups -OCH3 is 1. The third-order valence-corrected chi connectivity index (χ3v) is 7.66. The molecule has 0 bridgehead atoms. The van der Waals surface area contributed by atoms with E-state index < -0.39 is 10.0 Å². The zero-order valence-corrected chi connectivity index (χ0v) is 19.5. The summed E-state index contributed by atoms with van der Waals surface area (Å²) in [4.78, 5) is 13.1. The molecule has 0 saturated heterocycles. The van der Waals surface area contributed by atoms with Gasteiger partial charge in [-0.05, 0) is 86.0 Å². The molecule has 1 aliphatic heterocycles. The van der Waals surface area contributed by atoms with Gasteiger partial charge in [0, 0.05) is 16.6 Å². The Bertz CT molecular complexity index is 1290. The highest BCUT2D eigenvalue weighted by atomic mass is 35.5. The molecule has 0 fully saturated rings. The van der Waals surface area contributed by atoms with Gasteiger partial charge in [-0.2, -0.15) is 0 Å². The van der Waals surface area contributed by atoms with Crippen LogP contribution in [0.5, 0.6) is 5.75 Å². The molecule has 0 spiro atoms. The van der Waals surface area contributed by atoms with E-state index in [1.807, 2.05) is 26.0 Å². The third-order valence-electron chi connectivity index (χ3n) is 5.47. The summed E-state index contributed by atoms with van der Waals surface area (Å²) < 4.78 is 33.3. The van der Waals surface area contributed by atoms with Crippen LogP contribution < -0.4 is 14.4 Å². The first-order valence-electron chi connectivity index (χ1n) is 10.1. The molecule has 1 amide bonds. The summed E-state index contributed by atoms with van der Waals surface area (Å²) in [5, 5.41) is 3.36. The minimum Gasteiger partial charge on any atom is -0.495 e. The Hall–Kier alpha value is -3.03. The number of benzene rings is 3. The van der Waals surface area contributed by atoms with E-state index in [4.69, 9.17) is 16.3 Å². The fourth-order valence-electron chi connectivity index (χ4n) is 3.94. The summed E-state index contributed by atoms with van der Waals surface area (Å²) in [5.74, 6) is 0.280. The molecule has 1 atom stereocenters. The summed E-state index contributed by atoms with van der Waals surface area (Å²) in [7, 11) is -2.21. The van der Waals surface area contributed by atoms with Gasteiger partial charge in [-0.15, -0.1) is 0 Å². The molecule has 3 aromatic rings. The van der Waals surface area contributed by atoms with Crippen molar-refractivity contribution in [2.45, 2.75) is 31.2 Å². The van der Waals surface area contributed by atoms with Crippen LogP contribution >= 0.6 is 11.6 Å². The number of hydrogen-bond acceptors (Lipinski definition) is 4. The number of ether oxygens (including phenoxy) is 1. The average Bonchev–Trinajstić information content (AvgIpc) is 3.09. The maximum Gasteiger partial charge on any atom is 0.264 e. The van der Waals surface area contributed by atoms with Crippen molar-refractivity contribution in [3.8, 4) is 5.75 Å². The Balaban J connectivity index is 1.64. The van der Waals surface area contributed by atoms with E-state index in [1.165, 1.54) is 16.4 Å². The molecular formula is C24H23ClN2O4S. The number of hydrogen-bond donors (Lipinski definition) is 1. The van der Waals surface area contributed by atoms with E-state index in [1.54, 1.807) is 43.5 Å². The Kier molecular flexibility index (Phi) is 5.88. The molecule has 1 heterocycles. The lowest BCUT2D eigenvalue weighted by atomic mass is 10.1. The number of anilines is 2. The second kappa shape index (κ2) is 8.48. The summed E-state index contributed by atoms with van der Waals surface area (Å²) >= 11 is 5.91. The highest BCUT2D eigenvalue weighted by Gasteiger charge is 2.36. The third kappa shape index (κ3) is 4.06. The van der Waals surface area contributed by atoms with Gasteiger partial charge in [0.15, 0.2) is 0 Å². The van der Waals surface area contributed by atoms with Crippen molar-refractivity contribution < 1.29 is 17.9 Å². The zero-order valence-electron chi connectivity index (χ0n) is 17.9. The Morgan fingerprint density at radius 2 is 1.81 bits per heavy atom. The van der Waals surface area contributed by atoms with E-state index >= 15 is 0 Å². The second-order valence-electron chi connectivity index (χ2n) is 7.81. The van der Waals surface area contributed by atoms with E-state index in [0.29, 0.717) is 34.1 Å². The Morgan fingerprint density at radius 3 is 2.50 bits per heavy atom. The lowest BCUT2D eigenvalue weighted by Gasteiger charge is -2.24. The molecule has 0 saturated carbocycles. The molecule has 3 aromatic carbocycles. The number of nitrogens with zero attached hydrogens (tertiary/aromatic N) is 1. The van der Waals surface area contributed by atoms with Gasteiger partial charge in [-0.1, -0.05) is 17.7 Å². The van der Waals surface area contributed by atoms with Gasteiger partial charge in [0.2, 0.25) is 0 Å². The molecule has 166 valence electrons. The van der Waals surface area contributed by atoms with Crippen LogP contribution in [0.1, 0.15) is 28.4 Å². The second-order valence-corrected chi connectivity index (χ2v) is 10.1. The fraction of sp³-hybridized carbons (Fsp3) is 0.208. The van der Waals surface area contributed by atoms with Crippen molar-refractivity contribution in [2.75, 3.05) is 16.7 Å². The number of sulfonamides is 1. The number of carbonyl (C=O) groups is 1. The summed E-state index contributed by atoms with van der Waals surface area (Å²) in [6, 6.07) is 16.5. The summed E-state index contributed by atoms with van der Waals surface area (Å²) in [6.45, 7) is 3.78. The van der Waals surface area contributed by atoms with Crippen LogP contribution in [0.3, 0.4) is 0 Å². The first kappa shape index (κ1) is 22.2. The van der Waals surface area contributed by atoms with Gasteiger partial charge in [-0.3, -0.25) is 9.10 Å². The normalized spacial score (nSPS) is 15.4. The number of fused-ring (bicyclic) bond motifs is 1. The van der Waals surface area contributed by atoms with Crippen molar-refractivity contribution in [3.05, 3.63) is 82.4 Å². The number of amides is 1. The van der Waals surface area contributed by atoms with Gasteiger partial charge in [0.05, 0.1) is 23.4 Å². The minimum absolute atomic E-state index is 0.176. The molecular weight excluding hydrogens is 448 g/mol. The predicted octanol–water partition coefficient (Wildman–Crippen LogP) is 5.05. The summed E-state index contributed by atoms with van der Waals surface area (Å²) in [6.07, 6.45) is 0.511. The quantitative estimate of drug-likeness (QED) is 0.566. The monoisotopic (exact) mass is 470 g/mol. The maximum atomic E-state index is 13.3. The van der Waals surface area contributed by atoms with Crippen molar-refractivity contribution in [2.24, 2.45) is 0 Å². The van der Waals surface area contributed by atoms with Crippen LogP contribution in [0.2, 0.25) is 5.02 Å². The highest BCUT2D eigenvalue weighted by molar-refractivity contribution is 7.92. The van der Waals surface area contributed by atoms with E-state index in [9.17, 15) is 13.2 Å². The Labute approximate surface area is 192 Å². The zero-order chi connectivity index (χ0) is 23.0. The van der Waals surface area contributed by atoms with E-state index in [-0.39, 0.29) is 16.8 Å². The lowest BCUT2D eigenvalue weighted by molar-refractivity contribution is 0.102. The molecule has 0 aromatic heterocycles. The number of rotatable bonds is 5. The van der Waals surface area contributed by atoms with E-state index in [2.05, 4.69) is 5.32 Å². The highest BCUT2D eigenvalue weighted by Crippen LogP contribution is 2.37. The average molecular weight is 471 g/mol. The van der Waals surface area contributed by atoms with Gasteiger partial charge in [0.1, 0.15) is 5.75 Å². The summed E-state index contributed by atoms with van der Waals surface area (Å²) in [5.41, 5.74) is 3.41. The number of halogens is 1. The van der Waals surface area contributed by atoms with Crippen LogP contribution in [0.15, 0.2) is 65.6 Å². The van der Waals surface area contributed by atoms with Crippen molar-refractivity contribution >= 4 is 38.9 Å². The molecule has 1 aliphatic rings. The smallest absolute Gasteiger partial charge is 0.264 e. The van der Waals surface area contributed by atoms with Gasteiger partial charge >= 0.3 is 0 Å².